The molecular weight excluding hydrogens is 352 g/mol. The maximum Gasteiger partial charge on any atom is 0.270 e. The summed E-state index contributed by atoms with van der Waals surface area (Å²) >= 11 is 6.00. The Balaban J connectivity index is 1.55. The lowest BCUT2D eigenvalue weighted by molar-refractivity contribution is 0.0853. The Hall–Kier alpha value is -2.18. The molecule has 1 unspecified atom stereocenters. The number of aromatic nitrogens is 2. The highest BCUT2D eigenvalue weighted by Crippen LogP contribution is 2.13. The molecule has 0 bridgehead atoms. The first-order valence-electron chi connectivity index (χ1n) is 8.84. The first-order chi connectivity index (χ1) is 12.6. The molecule has 26 heavy (non-hydrogen) atoms. The lowest BCUT2D eigenvalue weighted by atomic mass is 10.1. The number of nitrogens with zero attached hydrogens (tertiary/aromatic N) is 2. The molecule has 1 aliphatic rings. The van der Waals surface area contributed by atoms with E-state index in [-0.39, 0.29) is 12.0 Å². The molecule has 1 fully saturated rings. The molecule has 0 spiro atoms. The van der Waals surface area contributed by atoms with Gasteiger partial charge in [-0.3, -0.25) is 4.79 Å². The van der Waals surface area contributed by atoms with Crippen LogP contribution in [0.5, 0.6) is 0 Å². The average Bonchev–Trinajstić information content (AvgIpc) is 3.13. The van der Waals surface area contributed by atoms with Crippen LogP contribution in [-0.2, 0) is 11.2 Å². The monoisotopic (exact) mass is 374 g/mol. The van der Waals surface area contributed by atoms with Gasteiger partial charge in [0.15, 0.2) is 0 Å². The van der Waals surface area contributed by atoms with E-state index in [0.29, 0.717) is 30.4 Å². The normalized spacial score (nSPS) is 16.5. The van der Waals surface area contributed by atoms with E-state index < -0.39 is 0 Å². The average molecular weight is 375 g/mol. The van der Waals surface area contributed by atoms with Crippen molar-refractivity contribution in [3.8, 4) is 0 Å². The summed E-state index contributed by atoms with van der Waals surface area (Å²) in [5.74, 6) is 0.991. The Bertz CT molecular complexity index is 763. The highest BCUT2D eigenvalue weighted by molar-refractivity contribution is 6.30. The Morgan fingerprint density at radius 2 is 2.23 bits per heavy atom. The van der Waals surface area contributed by atoms with E-state index in [1.807, 2.05) is 24.3 Å². The minimum absolute atomic E-state index is 0.108. The molecule has 0 aliphatic carbocycles. The van der Waals surface area contributed by atoms with Gasteiger partial charge < -0.3 is 15.4 Å². The molecule has 6 nitrogen and oxygen atoms in total. The molecule has 7 heteroatoms. The van der Waals surface area contributed by atoms with Crippen LogP contribution in [0.25, 0.3) is 0 Å². The minimum atomic E-state index is -0.205. The van der Waals surface area contributed by atoms with Crippen molar-refractivity contribution in [2.75, 3.05) is 25.0 Å². The summed E-state index contributed by atoms with van der Waals surface area (Å²) in [5, 5.41) is 6.86. The Morgan fingerprint density at radius 3 is 3.00 bits per heavy atom. The van der Waals surface area contributed by atoms with Gasteiger partial charge in [0.25, 0.3) is 5.91 Å². The standard InChI is InChI=1S/C19H23ClN4O2/c1-13-23-17(19(25)22-12-16-6-3-9-26-16)11-18(24-13)21-8-7-14-4-2-5-15(20)10-14/h2,4-5,10-11,16H,3,6-9,12H2,1H3,(H,22,25)(H,21,23,24). The third-order valence-corrected chi connectivity index (χ3v) is 4.43. The van der Waals surface area contributed by atoms with Crippen molar-refractivity contribution < 1.29 is 9.53 Å². The number of hydrogen-bond donors (Lipinski definition) is 2. The molecule has 1 saturated heterocycles. The zero-order valence-corrected chi connectivity index (χ0v) is 15.6. The molecule has 0 radical (unpaired) electrons. The summed E-state index contributed by atoms with van der Waals surface area (Å²) in [4.78, 5) is 20.9. The highest BCUT2D eigenvalue weighted by atomic mass is 35.5. The van der Waals surface area contributed by atoms with Gasteiger partial charge in [0.1, 0.15) is 17.3 Å². The number of hydrogen-bond acceptors (Lipinski definition) is 5. The fourth-order valence-electron chi connectivity index (χ4n) is 2.90. The van der Waals surface area contributed by atoms with Crippen LogP contribution >= 0.6 is 11.6 Å². The van der Waals surface area contributed by atoms with E-state index in [0.717, 1.165) is 36.5 Å². The SMILES string of the molecule is Cc1nc(NCCc2cccc(Cl)c2)cc(C(=O)NCC2CCCO2)n1. The number of rotatable bonds is 7. The van der Waals surface area contributed by atoms with Crippen molar-refractivity contribution in [2.45, 2.75) is 32.3 Å². The molecule has 2 aromatic rings. The van der Waals surface area contributed by atoms with Crippen LogP contribution in [0.4, 0.5) is 5.82 Å². The first kappa shape index (κ1) is 18.6. The van der Waals surface area contributed by atoms with E-state index in [9.17, 15) is 4.79 Å². The fourth-order valence-corrected chi connectivity index (χ4v) is 3.12. The van der Waals surface area contributed by atoms with Crippen molar-refractivity contribution in [1.82, 2.24) is 15.3 Å². The number of anilines is 1. The second-order valence-corrected chi connectivity index (χ2v) is 6.77. The van der Waals surface area contributed by atoms with E-state index in [2.05, 4.69) is 20.6 Å². The van der Waals surface area contributed by atoms with Crippen LogP contribution in [0, 0.1) is 6.92 Å². The summed E-state index contributed by atoms with van der Waals surface area (Å²) < 4.78 is 5.52. The van der Waals surface area contributed by atoms with Crippen molar-refractivity contribution in [3.05, 3.63) is 52.4 Å². The molecule has 1 aliphatic heterocycles. The largest absolute Gasteiger partial charge is 0.376 e. The molecule has 1 amide bonds. The number of ether oxygens (including phenoxy) is 1. The molecule has 3 rings (SSSR count). The number of carbonyl (C=O) groups is 1. The molecule has 138 valence electrons. The summed E-state index contributed by atoms with van der Waals surface area (Å²) in [7, 11) is 0. The van der Waals surface area contributed by atoms with Crippen LogP contribution in [0.3, 0.4) is 0 Å². The Kier molecular flexibility index (Phi) is 6.41. The summed E-state index contributed by atoms with van der Waals surface area (Å²) in [5.41, 5.74) is 1.51. The topological polar surface area (TPSA) is 76.1 Å². The predicted octanol–water partition coefficient (Wildman–Crippen LogP) is 3.00. The van der Waals surface area contributed by atoms with Gasteiger partial charge >= 0.3 is 0 Å². The van der Waals surface area contributed by atoms with Gasteiger partial charge in [-0.1, -0.05) is 23.7 Å². The second kappa shape index (κ2) is 8.96. The smallest absolute Gasteiger partial charge is 0.270 e. The number of benzene rings is 1. The number of amides is 1. The lowest BCUT2D eigenvalue weighted by Crippen LogP contribution is -2.32. The number of halogens is 1. The third-order valence-electron chi connectivity index (χ3n) is 4.19. The maximum atomic E-state index is 12.3. The van der Waals surface area contributed by atoms with Crippen LogP contribution in [0.1, 0.15) is 34.7 Å². The van der Waals surface area contributed by atoms with Gasteiger partial charge in [0.2, 0.25) is 0 Å². The minimum Gasteiger partial charge on any atom is -0.376 e. The molecular formula is C19H23ClN4O2. The second-order valence-electron chi connectivity index (χ2n) is 6.34. The number of nitrogens with one attached hydrogen (secondary N) is 2. The molecule has 2 N–H and O–H groups in total. The molecule has 1 aromatic carbocycles. The summed E-state index contributed by atoms with van der Waals surface area (Å²) in [6.45, 7) is 3.75. The highest BCUT2D eigenvalue weighted by Gasteiger charge is 2.17. The van der Waals surface area contributed by atoms with E-state index in [1.54, 1.807) is 13.0 Å². The number of aryl methyl sites for hydroxylation is 1. The molecule has 2 heterocycles. The van der Waals surface area contributed by atoms with Gasteiger partial charge in [-0.15, -0.1) is 0 Å². The fraction of sp³-hybridized carbons (Fsp3) is 0.421. The zero-order valence-electron chi connectivity index (χ0n) is 14.8. The van der Waals surface area contributed by atoms with Gasteiger partial charge in [-0.05, 0) is 43.9 Å². The molecule has 1 atom stereocenters. The van der Waals surface area contributed by atoms with Crippen LogP contribution in [0.2, 0.25) is 5.02 Å². The summed E-state index contributed by atoms with van der Waals surface area (Å²) in [6, 6.07) is 9.44. The molecule has 1 aromatic heterocycles. The van der Waals surface area contributed by atoms with Crippen molar-refractivity contribution >= 4 is 23.3 Å². The zero-order chi connectivity index (χ0) is 18.4. The van der Waals surface area contributed by atoms with Gasteiger partial charge in [0.05, 0.1) is 6.10 Å². The van der Waals surface area contributed by atoms with Crippen molar-refractivity contribution in [2.24, 2.45) is 0 Å². The summed E-state index contributed by atoms with van der Waals surface area (Å²) in [6.07, 6.45) is 2.95. The first-order valence-corrected chi connectivity index (χ1v) is 9.22. The lowest BCUT2D eigenvalue weighted by Gasteiger charge is -2.12. The van der Waals surface area contributed by atoms with Crippen LogP contribution in [-0.4, -0.2) is 41.7 Å². The Morgan fingerprint density at radius 1 is 1.35 bits per heavy atom. The predicted molar refractivity (Wildman–Crippen MR) is 102 cm³/mol. The van der Waals surface area contributed by atoms with Crippen molar-refractivity contribution in [1.29, 1.82) is 0 Å². The maximum absolute atomic E-state index is 12.3. The quantitative estimate of drug-likeness (QED) is 0.779. The van der Waals surface area contributed by atoms with Gasteiger partial charge in [-0.25, -0.2) is 9.97 Å². The van der Waals surface area contributed by atoms with Crippen LogP contribution in [0.15, 0.2) is 30.3 Å². The van der Waals surface area contributed by atoms with Crippen molar-refractivity contribution in [3.63, 3.8) is 0 Å². The van der Waals surface area contributed by atoms with E-state index in [1.165, 1.54) is 0 Å². The van der Waals surface area contributed by atoms with Crippen LogP contribution < -0.4 is 10.6 Å². The molecule has 0 saturated carbocycles. The van der Waals surface area contributed by atoms with Gasteiger partial charge in [0, 0.05) is 30.8 Å². The van der Waals surface area contributed by atoms with E-state index in [4.69, 9.17) is 16.3 Å². The van der Waals surface area contributed by atoms with Gasteiger partial charge in [-0.2, -0.15) is 0 Å². The van der Waals surface area contributed by atoms with E-state index >= 15 is 0 Å². The number of carbonyl (C=O) groups excluding carboxylic acids is 1. The third kappa shape index (κ3) is 5.41. The Labute approximate surface area is 158 Å².